The van der Waals surface area contributed by atoms with Crippen LogP contribution < -0.4 is 0 Å². The standard InChI is InChI=1S/C16H26N2O3/c1-4-17(5-2)12-14-11-15(13(3)21-14)16(19)18-7-6-9-20-10-8-18/h11H,4-10,12H2,1-3H3. The van der Waals surface area contributed by atoms with E-state index in [2.05, 4.69) is 18.7 Å². The zero-order chi connectivity index (χ0) is 15.2. The number of hydrogen-bond donors (Lipinski definition) is 0. The van der Waals surface area contributed by atoms with Crippen LogP contribution in [0.4, 0.5) is 0 Å². The van der Waals surface area contributed by atoms with E-state index in [0.29, 0.717) is 24.5 Å². The second-order valence-corrected chi connectivity index (χ2v) is 5.40. The highest BCUT2D eigenvalue weighted by atomic mass is 16.5. The minimum absolute atomic E-state index is 0.0625. The molecule has 1 amide bonds. The van der Waals surface area contributed by atoms with Crippen molar-refractivity contribution in [1.82, 2.24) is 9.80 Å². The summed E-state index contributed by atoms with van der Waals surface area (Å²) in [6, 6.07) is 1.90. The minimum Gasteiger partial charge on any atom is -0.464 e. The average molecular weight is 294 g/mol. The number of carbonyl (C=O) groups is 1. The second kappa shape index (κ2) is 7.61. The molecule has 1 aromatic heterocycles. The van der Waals surface area contributed by atoms with Gasteiger partial charge in [-0.2, -0.15) is 0 Å². The average Bonchev–Trinajstić information content (AvgIpc) is 2.70. The van der Waals surface area contributed by atoms with E-state index in [1.807, 2.05) is 17.9 Å². The van der Waals surface area contributed by atoms with Crippen LogP contribution in [0.5, 0.6) is 0 Å². The third-order valence-electron chi connectivity index (χ3n) is 3.98. The van der Waals surface area contributed by atoms with Crippen molar-refractivity contribution in [1.29, 1.82) is 0 Å². The normalized spacial score (nSPS) is 16.3. The van der Waals surface area contributed by atoms with E-state index >= 15 is 0 Å². The Morgan fingerprint density at radius 1 is 1.29 bits per heavy atom. The zero-order valence-electron chi connectivity index (χ0n) is 13.4. The fourth-order valence-corrected chi connectivity index (χ4v) is 2.62. The maximum absolute atomic E-state index is 12.6. The topological polar surface area (TPSA) is 45.9 Å². The molecule has 5 heteroatoms. The lowest BCUT2D eigenvalue weighted by Gasteiger charge is -2.18. The van der Waals surface area contributed by atoms with E-state index in [0.717, 1.165) is 45.0 Å². The van der Waals surface area contributed by atoms with Gasteiger partial charge in [0.25, 0.3) is 5.91 Å². The lowest BCUT2D eigenvalue weighted by Crippen LogP contribution is -2.33. The summed E-state index contributed by atoms with van der Waals surface area (Å²) >= 11 is 0. The fourth-order valence-electron chi connectivity index (χ4n) is 2.62. The maximum atomic E-state index is 12.6. The van der Waals surface area contributed by atoms with Crippen molar-refractivity contribution in [3.63, 3.8) is 0 Å². The first-order valence-electron chi connectivity index (χ1n) is 7.84. The molecule has 0 aromatic carbocycles. The Balaban J connectivity index is 2.08. The van der Waals surface area contributed by atoms with Crippen LogP contribution in [0.2, 0.25) is 0 Å². The summed E-state index contributed by atoms with van der Waals surface area (Å²) in [4.78, 5) is 16.7. The number of nitrogens with zero attached hydrogens (tertiary/aromatic N) is 2. The van der Waals surface area contributed by atoms with Gasteiger partial charge in [0.1, 0.15) is 11.5 Å². The van der Waals surface area contributed by atoms with Crippen molar-refractivity contribution in [2.45, 2.75) is 33.7 Å². The van der Waals surface area contributed by atoms with E-state index in [4.69, 9.17) is 9.15 Å². The first-order chi connectivity index (χ1) is 10.2. The molecule has 0 saturated carbocycles. The molecule has 0 radical (unpaired) electrons. The molecule has 1 aliphatic rings. The highest BCUT2D eigenvalue weighted by Crippen LogP contribution is 2.19. The van der Waals surface area contributed by atoms with Crippen LogP contribution in [0.3, 0.4) is 0 Å². The van der Waals surface area contributed by atoms with Gasteiger partial charge in [-0.15, -0.1) is 0 Å². The highest BCUT2D eigenvalue weighted by molar-refractivity contribution is 5.95. The predicted octanol–water partition coefficient (Wildman–Crippen LogP) is 2.29. The molecule has 0 bridgehead atoms. The molecule has 0 unspecified atom stereocenters. The van der Waals surface area contributed by atoms with Crippen LogP contribution in [0.1, 0.15) is 42.1 Å². The summed E-state index contributed by atoms with van der Waals surface area (Å²) in [5, 5.41) is 0. The van der Waals surface area contributed by atoms with Gasteiger partial charge >= 0.3 is 0 Å². The molecule has 1 saturated heterocycles. The maximum Gasteiger partial charge on any atom is 0.257 e. The Kier molecular flexibility index (Phi) is 5.82. The van der Waals surface area contributed by atoms with Crippen molar-refractivity contribution in [3.05, 3.63) is 23.2 Å². The van der Waals surface area contributed by atoms with Crippen molar-refractivity contribution in [3.8, 4) is 0 Å². The molecule has 2 rings (SSSR count). The lowest BCUT2D eigenvalue weighted by molar-refractivity contribution is 0.0739. The molecule has 118 valence electrons. The van der Waals surface area contributed by atoms with Crippen LogP contribution in [0, 0.1) is 6.92 Å². The van der Waals surface area contributed by atoms with Crippen LogP contribution in [0.25, 0.3) is 0 Å². The first-order valence-corrected chi connectivity index (χ1v) is 7.84. The molecule has 0 atom stereocenters. The third kappa shape index (κ3) is 4.08. The molecule has 1 aliphatic heterocycles. The molecular weight excluding hydrogens is 268 g/mol. The number of carbonyl (C=O) groups excluding carboxylic acids is 1. The number of ether oxygens (including phenoxy) is 1. The molecule has 21 heavy (non-hydrogen) atoms. The molecular formula is C16H26N2O3. The van der Waals surface area contributed by atoms with Crippen molar-refractivity contribution >= 4 is 5.91 Å². The Labute approximate surface area is 126 Å². The Morgan fingerprint density at radius 3 is 2.76 bits per heavy atom. The van der Waals surface area contributed by atoms with Crippen LogP contribution in [-0.4, -0.2) is 55.1 Å². The van der Waals surface area contributed by atoms with Gasteiger partial charge in [-0.05, 0) is 32.5 Å². The number of furan rings is 1. The van der Waals surface area contributed by atoms with Gasteiger partial charge in [-0.3, -0.25) is 9.69 Å². The van der Waals surface area contributed by atoms with E-state index in [9.17, 15) is 4.79 Å². The van der Waals surface area contributed by atoms with Gasteiger partial charge < -0.3 is 14.1 Å². The van der Waals surface area contributed by atoms with Gasteiger partial charge in [0.2, 0.25) is 0 Å². The molecule has 1 aromatic rings. The number of aryl methyl sites for hydroxylation is 1. The smallest absolute Gasteiger partial charge is 0.257 e. The second-order valence-electron chi connectivity index (χ2n) is 5.40. The van der Waals surface area contributed by atoms with E-state index in [1.54, 1.807) is 0 Å². The summed E-state index contributed by atoms with van der Waals surface area (Å²) in [5.74, 6) is 1.64. The summed E-state index contributed by atoms with van der Waals surface area (Å²) in [5.41, 5.74) is 0.694. The van der Waals surface area contributed by atoms with Crippen LogP contribution >= 0.6 is 0 Å². The zero-order valence-corrected chi connectivity index (χ0v) is 13.4. The minimum atomic E-state index is 0.0625. The number of rotatable bonds is 5. The Hall–Kier alpha value is -1.33. The lowest BCUT2D eigenvalue weighted by atomic mass is 10.2. The number of amides is 1. The van der Waals surface area contributed by atoms with Crippen LogP contribution in [-0.2, 0) is 11.3 Å². The Morgan fingerprint density at radius 2 is 2.05 bits per heavy atom. The van der Waals surface area contributed by atoms with Crippen molar-refractivity contribution < 1.29 is 13.9 Å². The van der Waals surface area contributed by atoms with Gasteiger partial charge in [-0.25, -0.2) is 0 Å². The monoisotopic (exact) mass is 294 g/mol. The molecule has 0 N–H and O–H groups in total. The Bertz CT molecular complexity index is 458. The summed E-state index contributed by atoms with van der Waals surface area (Å²) in [6.07, 6.45) is 0.898. The first kappa shape index (κ1) is 16.0. The van der Waals surface area contributed by atoms with Crippen molar-refractivity contribution in [2.24, 2.45) is 0 Å². The van der Waals surface area contributed by atoms with Gasteiger partial charge in [0.15, 0.2) is 0 Å². The van der Waals surface area contributed by atoms with Gasteiger partial charge in [0.05, 0.1) is 18.7 Å². The SMILES string of the molecule is CCN(CC)Cc1cc(C(=O)N2CCCOCC2)c(C)o1. The van der Waals surface area contributed by atoms with Gasteiger partial charge in [-0.1, -0.05) is 13.8 Å². The van der Waals surface area contributed by atoms with Gasteiger partial charge in [0, 0.05) is 19.7 Å². The largest absolute Gasteiger partial charge is 0.464 e. The molecule has 1 fully saturated rings. The summed E-state index contributed by atoms with van der Waals surface area (Å²) < 4.78 is 11.2. The number of hydrogen-bond acceptors (Lipinski definition) is 4. The quantitative estimate of drug-likeness (QED) is 0.836. The van der Waals surface area contributed by atoms with E-state index in [-0.39, 0.29) is 5.91 Å². The predicted molar refractivity (Wildman–Crippen MR) is 81.4 cm³/mol. The van der Waals surface area contributed by atoms with E-state index < -0.39 is 0 Å². The summed E-state index contributed by atoms with van der Waals surface area (Å²) in [7, 11) is 0. The molecule has 5 nitrogen and oxygen atoms in total. The van der Waals surface area contributed by atoms with Crippen molar-refractivity contribution in [2.75, 3.05) is 39.4 Å². The third-order valence-corrected chi connectivity index (χ3v) is 3.98. The highest BCUT2D eigenvalue weighted by Gasteiger charge is 2.22. The molecule has 0 aliphatic carbocycles. The fraction of sp³-hybridized carbons (Fsp3) is 0.688. The van der Waals surface area contributed by atoms with E-state index in [1.165, 1.54) is 0 Å². The van der Waals surface area contributed by atoms with Crippen LogP contribution in [0.15, 0.2) is 10.5 Å². The molecule has 2 heterocycles. The molecule has 0 spiro atoms. The summed E-state index contributed by atoms with van der Waals surface area (Å²) in [6.45, 7) is 11.6.